The fourth-order valence-electron chi connectivity index (χ4n) is 2.57. The highest BCUT2D eigenvalue weighted by atomic mass is 35.5. The van der Waals surface area contributed by atoms with Gasteiger partial charge in [0, 0.05) is 12.1 Å². The molecule has 7 heteroatoms. The topological polar surface area (TPSA) is 80.5 Å². The second kappa shape index (κ2) is 6.49. The SMILES string of the molecule is Cc1ccc(CN2C(=O)C(Cl)=C(c3ccc([N+](=O)[O-])cc3)C2=O)cc1. The normalized spacial score (nSPS) is 14.4. The molecule has 2 amide bonds. The Labute approximate surface area is 148 Å². The number of hydrogen-bond acceptors (Lipinski definition) is 4. The van der Waals surface area contributed by atoms with Crippen molar-refractivity contribution in [1.82, 2.24) is 4.90 Å². The molecule has 1 aliphatic rings. The number of hydrogen-bond donors (Lipinski definition) is 0. The van der Waals surface area contributed by atoms with Crippen LogP contribution in [-0.4, -0.2) is 21.6 Å². The first-order valence-corrected chi connectivity index (χ1v) is 7.82. The van der Waals surface area contributed by atoms with E-state index in [1.807, 2.05) is 31.2 Å². The first kappa shape index (κ1) is 16.9. The molecule has 0 spiro atoms. The lowest BCUT2D eigenvalue weighted by molar-refractivity contribution is -0.384. The highest BCUT2D eigenvalue weighted by Gasteiger charge is 2.38. The molecule has 0 aliphatic carbocycles. The maximum atomic E-state index is 12.6. The molecule has 0 saturated carbocycles. The summed E-state index contributed by atoms with van der Waals surface area (Å²) in [6.07, 6.45) is 0. The van der Waals surface area contributed by atoms with Crippen molar-refractivity contribution in [2.45, 2.75) is 13.5 Å². The van der Waals surface area contributed by atoms with E-state index in [4.69, 9.17) is 11.6 Å². The molecule has 0 atom stereocenters. The standard InChI is InChI=1S/C18H13ClN2O4/c1-11-2-4-12(5-3-11)10-20-17(22)15(16(19)18(20)23)13-6-8-14(9-7-13)21(24)25/h2-9H,10H2,1H3. The predicted molar refractivity (Wildman–Crippen MR) is 92.6 cm³/mol. The van der Waals surface area contributed by atoms with Gasteiger partial charge >= 0.3 is 0 Å². The minimum Gasteiger partial charge on any atom is -0.269 e. The molecule has 0 fully saturated rings. The number of aryl methyl sites for hydroxylation is 1. The van der Waals surface area contributed by atoms with Gasteiger partial charge in [-0.15, -0.1) is 0 Å². The number of imide groups is 1. The lowest BCUT2D eigenvalue weighted by atomic mass is 10.1. The third-order valence-corrected chi connectivity index (χ3v) is 4.29. The van der Waals surface area contributed by atoms with Crippen molar-refractivity contribution in [3.63, 3.8) is 0 Å². The summed E-state index contributed by atoms with van der Waals surface area (Å²) in [7, 11) is 0. The van der Waals surface area contributed by atoms with Crippen LogP contribution in [0.15, 0.2) is 53.6 Å². The first-order valence-electron chi connectivity index (χ1n) is 7.45. The van der Waals surface area contributed by atoms with Crippen LogP contribution in [0.25, 0.3) is 5.57 Å². The molecule has 25 heavy (non-hydrogen) atoms. The van der Waals surface area contributed by atoms with Crippen molar-refractivity contribution in [3.05, 3.63) is 80.4 Å². The highest BCUT2D eigenvalue weighted by Crippen LogP contribution is 2.33. The van der Waals surface area contributed by atoms with Crippen LogP contribution < -0.4 is 0 Å². The Morgan fingerprint density at radius 2 is 1.60 bits per heavy atom. The van der Waals surface area contributed by atoms with Crippen LogP contribution in [-0.2, 0) is 16.1 Å². The molecule has 2 aromatic carbocycles. The quantitative estimate of drug-likeness (QED) is 0.477. The number of non-ortho nitro benzene ring substituents is 1. The van der Waals surface area contributed by atoms with Crippen LogP contribution in [0.3, 0.4) is 0 Å². The van der Waals surface area contributed by atoms with Gasteiger partial charge in [-0.2, -0.15) is 0 Å². The van der Waals surface area contributed by atoms with Gasteiger partial charge in [-0.25, -0.2) is 0 Å². The molecule has 6 nitrogen and oxygen atoms in total. The van der Waals surface area contributed by atoms with E-state index in [9.17, 15) is 19.7 Å². The van der Waals surface area contributed by atoms with E-state index in [-0.39, 0.29) is 22.8 Å². The molecule has 3 rings (SSSR count). The summed E-state index contributed by atoms with van der Waals surface area (Å²) >= 11 is 6.08. The lowest BCUT2D eigenvalue weighted by Crippen LogP contribution is -2.30. The summed E-state index contributed by atoms with van der Waals surface area (Å²) in [5, 5.41) is 10.6. The van der Waals surface area contributed by atoms with Gasteiger partial charge in [-0.3, -0.25) is 24.6 Å². The molecule has 0 unspecified atom stereocenters. The number of benzene rings is 2. The van der Waals surface area contributed by atoms with Gasteiger partial charge in [-0.1, -0.05) is 41.4 Å². The number of amides is 2. The molecule has 0 bridgehead atoms. The second-order valence-electron chi connectivity index (χ2n) is 5.68. The minimum atomic E-state index is -0.569. The maximum Gasteiger partial charge on any atom is 0.273 e. The number of carbonyl (C=O) groups excluding carboxylic acids is 2. The largest absolute Gasteiger partial charge is 0.273 e. The molecule has 0 N–H and O–H groups in total. The average molecular weight is 357 g/mol. The molecule has 1 aliphatic heterocycles. The summed E-state index contributed by atoms with van der Waals surface area (Å²) in [4.78, 5) is 36.3. The Morgan fingerprint density at radius 3 is 2.16 bits per heavy atom. The van der Waals surface area contributed by atoms with Gasteiger partial charge in [0.2, 0.25) is 0 Å². The van der Waals surface area contributed by atoms with Gasteiger partial charge in [0.25, 0.3) is 17.5 Å². The molecule has 0 radical (unpaired) electrons. The van der Waals surface area contributed by atoms with Crippen LogP contribution in [0.4, 0.5) is 5.69 Å². The van der Waals surface area contributed by atoms with Gasteiger partial charge < -0.3 is 0 Å². The zero-order chi connectivity index (χ0) is 18.1. The fourth-order valence-corrected chi connectivity index (χ4v) is 2.86. The summed E-state index contributed by atoms with van der Waals surface area (Å²) in [5.74, 6) is -1.08. The number of nitro groups is 1. The van der Waals surface area contributed by atoms with Crippen molar-refractivity contribution in [2.24, 2.45) is 0 Å². The summed E-state index contributed by atoms with van der Waals surface area (Å²) in [6.45, 7) is 2.06. The second-order valence-corrected chi connectivity index (χ2v) is 6.05. The third kappa shape index (κ3) is 3.16. The number of rotatable bonds is 4. The molecular weight excluding hydrogens is 344 g/mol. The van der Waals surface area contributed by atoms with Gasteiger partial charge in [0.1, 0.15) is 5.03 Å². The van der Waals surface area contributed by atoms with Crippen LogP contribution in [0.1, 0.15) is 16.7 Å². The molecule has 126 valence electrons. The zero-order valence-corrected chi connectivity index (χ0v) is 14.0. The number of nitro benzene ring substituents is 1. The van der Waals surface area contributed by atoms with Crippen LogP contribution in [0.2, 0.25) is 0 Å². The maximum absolute atomic E-state index is 12.6. The number of carbonyl (C=O) groups is 2. The molecule has 2 aromatic rings. The van der Waals surface area contributed by atoms with Crippen molar-refractivity contribution < 1.29 is 14.5 Å². The molecular formula is C18H13ClN2O4. The predicted octanol–water partition coefficient (Wildman–Crippen LogP) is 3.42. The van der Waals surface area contributed by atoms with E-state index in [0.29, 0.717) is 5.56 Å². The van der Waals surface area contributed by atoms with Crippen LogP contribution >= 0.6 is 11.6 Å². The summed E-state index contributed by atoms with van der Waals surface area (Å²) < 4.78 is 0. The van der Waals surface area contributed by atoms with E-state index in [0.717, 1.165) is 16.0 Å². The van der Waals surface area contributed by atoms with Crippen molar-refractivity contribution >= 4 is 34.7 Å². The Hall–Kier alpha value is -2.99. The fraction of sp³-hybridized carbons (Fsp3) is 0.111. The van der Waals surface area contributed by atoms with Gasteiger partial charge in [0.05, 0.1) is 17.0 Å². The average Bonchev–Trinajstić information content (AvgIpc) is 2.80. The number of nitrogens with zero attached hydrogens (tertiary/aromatic N) is 2. The monoisotopic (exact) mass is 356 g/mol. The highest BCUT2D eigenvalue weighted by molar-refractivity contribution is 6.55. The van der Waals surface area contributed by atoms with Crippen LogP contribution in [0.5, 0.6) is 0 Å². The van der Waals surface area contributed by atoms with Gasteiger partial charge in [0.15, 0.2) is 0 Å². The Balaban J connectivity index is 1.88. The van der Waals surface area contributed by atoms with Crippen molar-refractivity contribution in [2.75, 3.05) is 0 Å². The Bertz CT molecular complexity index is 902. The van der Waals surface area contributed by atoms with Crippen molar-refractivity contribution in [1.29, 1.82) is 0 Å². The van der Waals surface area contributed by atoms with E-state index >= 15 is 0 Å². The van der Waals surface area contributed by atoms with Crippen molar-refractivity contribution in [3.8, 4) is 0 Å². The molecule has 0 aromatic heterocycles. The summed E-state index contributed by atoms with van der Waals surface area (Å²) in [6, 6.07) is 12.8. The summed E-state index contributed by atoms with van der Waals surface area (Å²) in [5.41, 5.74) is 2.22. The lowest BCUT2D eigenvalue weighted by Gasteiger charge is -2.15. The number of halogens is 1. The Kier molecular flexibility index (Phi) is 4.37. The smallest absolute Gasteiger partial charge is 0.269 e. The van der Waals surface area contributed by atoms with E-state index in [1.54, 1.807) is 0 Å². The minimum absolute atomic E-state index is 0.0636. The van der Waals surface area contributed by atoms with E-state index in [1.165, 1.54) is 24.3 Å². The molecule has 0 saturated heterocycles. The Morgan fingerprint density at radius 1 is 1.00 bits per heavy atom. The zero-order valence-electron chi connectivity index (χ0n) is 13.2. The van der Waals surface area contributed by atoms with Crippen LogP contribution in [0, 0.1) is 17.0 Å². The van der Waals surface area contributed by atoms with E-state index < -0.39 is 16.7 Å². The third-order valence-electron chi connectivity index (χ3n) is 3.94. The van der Waals surface area contributed by atoms with Gasteiger partial charge in [-0.05, 0) is 30.2 Å². The first-order chi connectivity index (χ1) is 11.9. The van der Waals surface area contributed by atoms with E-state index in [2.05, 4.69) is 0 Å². The molecule has 1 heterocycles.